The molecule has 0 bridgehead atoms. The number of carbonyl (C=O) groups excluding carboxylic acids is 1. The molecule has 1 aliphatic rings. The van der Waals surface area contributed by atoms with Crippen LogP contribution in [0.1, 0.15) is 49.5 Å². The molecule has 0 saturated heterocycles. The average molecular weight is 463 g/mol. The summed E-state index contributed by atoms with van der Waals surface area (Å²) in [6.07, 6.45) is 2.51. The Bertz CT molecular complexity index is 1200. The van der Waals surface area contributed by atoms with Crippen molar-refractivity contribution in [2.45, 2.75) is 38.9 Å². The molecule has 2 heterocycles. The molecule has 0 spiro atoms. The topological polar surface area (TPSA) is 80.8 Å². The first kappa shape index (κ1) is 22.8. The molecule has 4 rings (SSSR count). The van der Waals surface area contributed by atoms with Crippen LogP contribution in [-0.2, 0) is 17.0 Å². The van der Waals surface area contributed by atoms with Gasteiger partial charge in [0.15, 0.2) is 11.0 Å². The molecule has 8 heteroatoms. The Morgan fingerprint density at radius 1 is 1.18 bits per heavy atom. The Morgan fingerprint density at radius 2 is 1.97 bits per heavy atom. The minimum Gasteiger partial charge on any atom is -0.497 e. The maximum atomic E-state index is 13.4. The molecule has 0 atom stereocenters. The van der Waals surface area contributed by atoms with Crippen molar-refractivity contribution in [2.24, 2.45) is 4.99 Å². The van der Waals surface area contributed by atoms with Crippen molar-refractivity contribution < 1.29 is 14.1 Å². The number of aliphatic imine (C=N–C) groups is 1. The summed E-state index contributed by atoms with van der Waals surface area (Å²) in [5, 5.41) is 4.49. The van der Waals surface area contributed by atoms with Crippen molar-refractivity contribution in [3.63, 3.8) is 0 Å². The maximum Gasteiger partial charge on any atom is 0.283 e. The van der Waals surface area contributed by atoms with Crippen LogP contribution >= 0.6 is 11.8 Å². The molecule has 3 aromatic rings. The van der Waals surface area contributed by atoms with Crippen LogP contribution in [0.25, 0.3) is 6.08 Å². The van der Waals surface area contributed by atoms with Gasteiger partial charge < -0.3 is 9.26 Å². The average Bonchev–Trinajstić information content (AvgIpc) is 3.42. The Balaban J connectivity index is 1.65. The fourth-order valence-corrected chi connectivity index (χ4v) is 4.17. The van der Waals surface area contributed by atoms with E-state index < -0.39 is 0 Å². The van der Waals surface area contributed by atoms with Gasteiger partial charge in [0.05, 0.1) is 18.6 Å². The van der Waals surface area contributed by atoms with Crippen molar-refractivity contribution >= 4 is 34.6 Å². The van der Waals surface area contributed by atoms with Crippen LogP contribution in [0.5, 0.6) is 5.75 Å². The molecule has 1 amide bonds. The third kappa shape index (κ3) is 5.17. The number of anilines is 1. The van der Waals surface area contributed by atoms with Gasteiger partial charge in [0, 0.05) is 12.5 Å². The Hall–Kier alpha value is -3.39. The minimum atomic E-state index is -0.196. The van der Waals surface area contributed by atoms with Gasteiger partial charge in [-0.05, 0) is 35.3 Å². The Morgan fingerprint density at radius 3 is 2.64 bits per heavy atom. The number of aromatic nitrogens is 2. The number of hydrogen-bond acceptors (Lipinski definition) is 7. The summed E-state index contributed by atoms with van der Waals surface area (Å²) in [7, 11) is 1.60. The van der Waals surface area contributed by atoms with Gasteiger partial charge in [0.2, 0.25) is 5.89 Å². The Kier molecular flexibility index (Phi) is 6.93. The SMILES string of the molecule is CCc1noc(CSC2=N/C(=C\c3ccc(C(C)C)cc3)C(=O)N2c2cccc(OC)c2)n1. The van der Waals surface area contributed by atoms with Gasteiger partial charge in [0.1, 0.15) is 11.4 Å². The zero-order valence-electron chi connectivity index (χ0n) is 19.1. The van der Waals surface area contributed by atoms with Gasteiger partial charge in [-0.25, -0.2) is 4.99 Å². The normalized spacial score (nSPS) is 14.9. The molecule has 33 heavy (non-hydrogen) atoms. The van der Waals surface area contributed by atoms with Crippen molar-refractivity contribution in [2.75, 3.05) is 12.0 Å². The third-order valence-corrected chi connectivity index (χ3v) is 6.12. The second-order valence-electron chi connectivity index (χ2n) is 7.83. The van der Waals surface area contributed by atoms with Gasteiger partial charge in [-0.1, -0.05) is 68.0 Å². The van der Waals surface area contributed by atoms with E-state index in [0.717, 1.165) is 5.56 Å². The van der Waals surface area contributed by atoms with E-state index in [2.05, 4.69) is 41.1 Å². The van der Waals surface area contributed by atoms with Crippen molar-refractivity contribution in [3.8, 4) is 5.75 Å². The van der Waals surface area contributed by atoms with Crippen molar-refractivity contribution in [3.05, 3.63) is 77.1 Å². The van der Waals surface area contributed by atoms with E-state index in [1.54, 1.807) is 12.0 Å². The zero-order chi connectivity index (χ0) is 23.4. The number of benzene rings is 2. The molecule has 1 aromatic heterocycles. The minimum absolute atomic E-state index is 0.196. The van der Waals surface area contributed by atoms with E-state index >= 15 is 0 Å². The number of amidine groups is 1. The third-order valence-electron chi connectivity index (χ3n) is 5.20. The van der Waals surface area contributed by atoms with Crippen LogP contribution in [0.15, 0.2) is 63.7 Å². The first-order valence-corrected chi connectivity index (χ1v) is 11.8. The summed E-state index contributed by atoms with van der Waals surface area (Å²) >= 11 is 1.38. The molecular formula is C25H26N4O3S. The molecular weight excluding hydrogens is 436 g/mol. The highest BCUT2D eigenvalue weighted by Gasteiger charge is 2.32. The van der Waals surface area contributed by atoms with E-state index in [9.17, 15) is 4.79 Å². The van der Waals surface area contributed by atoms with Crippen LogP contribution in [0.4, 0.5) is 5.69 Å². The zero-order valence-corrected chi connectivity index (χ0v) is 19.9. The number of ether oxygens (including phenoxy) is 1. The summed E-state index contributed by atoms with van der Waals surface area (Å²) in [5.41, 5.74) is 3.23. The lowest BCUT2D eigenvalue weighted by atomic mass is 10.0. The number of aryl methyl sites for hydroxylation is 1. The quantitative estimate of drug-likeness (QED) is 0.435. The number of thioether (sulfide) groups is 1. The Labute approximate surface area is 197 Å². The molecule has 0 fully saturated rings. The molecule has 170 valence electrons. The summed E-state index contributed by atoms with van der Waals surface area (Å²) in [5.74, 6) is 2.48. The molecule has 0 aliphatic carbocycles. The lowest BCUT2D eigenvalue weighted by Crippen LogP contribution is -2.30. The second-order valence-corrected chi connectivity index (χ2v) is 8.78. The van der Waals surface area contributed by atoms with E-state index in [1.807, 2.05) is 49.4 Å². The first-order chi connectivity index (χ1) is 16.0. The highest BCUT2D eigenvalue weighted by molar-refractivity contribution is 8.13. The largest absolute Gasteiger partial charge is 0.497 e. The molecule has 2 aromatic carbocycles. The molecule has 7 nitrogen and oxygen atoms in total. The summed E-state index contributed by atoms with van der Waals surface area (Å²) in [4.78, 5) is 24.0. The summed E-state index contributed by atoms with van der Waals surface area (Å²) < 4.78 is 10.6. The summed E-state index contributed by atoms with van der Waals surface area (Å²) in [6.45, 7) is 6.28. The lowest BCUT2D eigenvalue weighted by molar-refractivity contribution is -0.113. The van der Waals surface area contributed by atoms with E-state index in [-0.39, 0.29) is 5.91 Å². The highest BCUT2D eigenvalue weighted by Crippen LogP contribution is 2.32. The number of amides is 1. The summed E-state index contributed by atoms with van der Waals surface area (Å²) in [6, 6.07) is 15.5. The van der Waals surface area contributed by atoms with Crippen LogP contribution in [-0.4, -0.2) is 28.3 Å². The van der Waals surface area contributed by atoms with Crippen LogP contribution in [0, 0.1) is 0 Å². The van der Waals surface area contributed by atoms with Gasteiger partial charge in [-0.3, -0.25) is 9.69 Å². The van der Waals surface area contributed by atoms with Crippen molar-refractivity contribution in [1.82, 2.24) is 10.1 Å². The van der Waals surface area contributed by atoms with Gasteiger partial charge in [-0.2, -0.15) is 4.98 Å². The fourth-order valence-electron chi connectivity index (χ4n) is 3.32. The number of carbonyl (C=O) groups is 1. The monoisotopic (exact) mass is 462 g/mol. The highest BCUT2D eigenvalue weighted by atomic mass is 32.2. The van der Waals surface area contributed by atoms with Crippen LogP contribution < -0.4 is 9.64 Å². The van der Waals surface area contributed by atoms with Gasteiger partial charge in [0.25, 0.3) is 5.91 Å². The predicted octanol–water partition coefficient (Wildman–Crippen LogP) is 5.44. The van der Waals surface area contributed by atoms with Crippen LogP contribution in [0.2, 0.25) is 0 Å². The van der Waals surface area contributed by atoms with Crippen molar-refractivity contribution in [1.29, 1.82) is 0 Å². The molecule has 0 unspecified atom stereocenters. The smallest absolute Gasteiger partial charge is 0.283 e. The fraction of sp³-hybridized carbons (Fsp3) is 0.280. The molecule has 1 aliphatic heterocycles. The van der Waals surface area contributed by atoms with E-state index in [1.165, 1.54) is 17.3 Å². The maximum absolute atomic E-state index is 13.4. The van der Waals surface area contributed by atoms with Gasteiger partial charge >= 0.3 is 0 Å². The van der Waals surface area contributed by atoms with Gasteiger partial charge in [-0.15, -0.1) is 0 Å². The second kappa shape index (κ2) is 10.0. The molecule has 0 N–H and O–H groups in total. The first-order valence-electron chi connectivity index (χ1n) is 10.8. The van der Waals surface area contributed by atoms with E-state index in [4.69, 9.17) is 9.26 Å². The molecule has 0 radical (unpaired) electrons. The predicted molar refractivity (Wildman–Crippen MR) is 131 cm³/mol. The standard InChI is InChI=1S/C25H26N4O3S/c1-5-22-27-23(32-28-22)15-33-25-26-21(13-17-9-11-18(12-10-17)16(2)3)24(30)29(25)19-7-6-8-20(14-19)31-4/h6-14,16H,5,15H2,1-4H3/b21-13-. The molecule has 0 saturated carbocycles. The number of hydrogen-bond donors (Lipinski definition) is 0. The number of nitrogens with zero attached hydrogens (tertiary/aromatic N) is 4. The number of rotatable bonds is 7. The lowest BCUT2D eigenvalue weighted by Gasteiger charge is -2.18. The van der Waals surface area contributed by atoms with Crippen LogP contribution in [0.3, 0.4) is 0 Å². The van der Waals surface area contributed by atoms with E-state index in [0.29, 0.717) is 52.1 Å². The number of methoxy groups -OCH3 is 1.